The second kappa shape index (κ2) is 4.52. The Hall–Kier alpha value is -1.49. The molecule has 1 saturated heterocycles. The van der Waals surface area contributed by atoms with E-state index in [1.54, 1.807) is 0 Å². The first-order chi connectivity index (χ1) is 9.40. The van der Waals surface area contributed by atoms with Crippen LogP contribution in [-0.4, -0.2) is 19.3 Å². The number of halogens is 1. The summed E-state index contributed by atoms with van der Waals surface area (Å²) in [5.74, 6) is 0.604. The molecule has 0 aromatic heterocycles. The molecule has 5 heteroatoms. The Morgan fingerprint density at radius 2 is 2.15 bits per heavy atom. The van der Waals surface area contributed by atoms with E-state index in [2.05, 4.69) is 6.58 Å². The molecule has 0 atom stereocenters. The Labute approximate surface area is 118 Å². The first-order valence-electron chi connectivity index (χ1n) is 6.88. The summed E-state index contributed by atoms with van der Waals surface area (Å²) in [5, 5.41) is 0. The zero-order valence-corrected chi connectivity index (χ0v) is 12.1. The molecular formula is C15H18BFO3. The lowest BCUT2D eigenvalue weighted by Gasteiger charge is -2.22. The molecule has 0 bridgehead atoms. The molecular weight excluding hydrogens is 258 g/mol. The summed E-state index contributed by atoms with van der Waals surface area (Å²) in [6.07, 6.45) is 1.73. The maximum atomic E-state index is 14.2. The molecule has 2 aliphatic rings. The summed E-state index contributed by atoms with van der Waals surface area (Å²) in [4.78, 5) is 0. The summed E-state index contributed by atoms with van der Waals surface area (Å²) in [6.45, 7) is 10.2. The summed E-state index contributed by atoms with van der Waals surface area (Å²) >= 11 is 0. The highest BCUT2D eigenvalue weighted by Gasteiger charge is 2.44. The van der Waals surface area contributed by atoms with Gasteiger partial charge in [-0.2, -0.15) is 0 Å². The van der Waals surface area contributed by atoms with Crippen molar-refractivity contribution >= 4 is 12.6 Å². The van der Waals surface area contributed by atoms with Crippen LogP contribution in [0.15, 0.2) is 18.4 Å². The van der Waals surface area contributed by atoms with Crippen molar-refractivity contribution in [2.75, 3.05) is 6.61 Å². The van der Waals surface area contributed by atoms with Crippen LogP contribution in [0.4, 0.5) is 4.39 Å². The molecule has 106 valence electrons. The fourth-order valence-corrected chi connectivity index (χ4v) is 2.68. The molecule has 0 unspecified atom stereocenters. The van der Waals surface area contributed by atoms with Crippen LogP contribution in [0.2, 0.25) is 0 Å². The molecule has 20 heavy (non-hydrogen) atoms. The Bertz CT molecular complexity index is 583. The smallest absolute Gasteiger partial charge is 0.534 e. The second-order valence-electron chi connectivity index (χ2n) is 5.83. The molecule has 0 radical (unpaired) electrons. The molecule has 1 aromatic carbocycles. The summed E-state index contributed by atoms with van der Waals surface area (Å²) in [5.41, 5.74) is 2.07. The van der Waals surface area contributed by atoms with Crippen molar-refractivity contribution in [3.05, 3.63) is 35.3 Å². The molecule has 2 heterocycles. The summed E-state index contributed by atoms with van der Waals surface area (Å²) in [7, 11) is -0.598. The van der Waals surface area contributed by atoms with E-state index in [-0.39, 0.29) is 5.82 Å². The lowest BCUT2D eigenvalue weighted by Crippen LogP contribution is -2.37. The average molecular weight is 276 g/mol. The Balaban J connectivity index is 2.03. The molecule has 3 rings (SSSR count). The maximum Gasteiger partial charge on any atom is 0.563 e. The van der Waals surface area contributed by atoms with E-state index in [4.69, 9.17) is 14.0 Å². The fourth-order valence-electron chi connectivity index (χ4n) is 2.68. The Kier molecular flexibility index (Phi) is 3.05. The van der Waals surface area contributed by atoms with Crippen molar-refractivity contribution in [1.29, 1.82) is 0 Å². The third kappa shape index (κ3) is 2.01. The highest BCUT2D eigenvalue weighted by atomic mass is 19.1. The number of benzene rings is 1. The summed E-state index contributed by atoms with van der Waals surface area (Å²) < 4.78 is 31.1. The zero-order valence-electron chi connectivity index (χ0n) is 12.1. The van der Waals surface area contributed by atoms with Crippen molar-refractivity contribution in [2.45, 2.75) is 39.2 Å². The van der Waals surface area contributed by atoms with Gasteiger partial charge in [0.1, 0.15) is 5.60 Å². The van der Waals surface area contributed by atoms with Crippen LogP contribution in [-0.2, 0) is 15.7 Å². The van der Waals surface area contributed by atoms with E-state index in [0.717, 1.165) is 29.4 Å². The van der Waals surface area contributed by atoms with Gasteiger partial charge in [-0.05, 0) is 50.8 Å². The number of hydrogen-bond donors (Lipinski definition) is 0. The Morgan fingerprint density at radius 1 is 1.40 bits per heavy atom. The monoisotopic (exact) mass is 276 g/mol. The number of hydrogen-bond acceptors (Lipinski definition) is 3. The number of fused-ring (bicyclic) bond motifs is 1. The SMILES string of the molecule is C=C1OB(c2cc(F)c3c(c2C)CCCO3)OC1(C)C. The van der Waals surface area contributed by atoms with Crippen LogP contribution in [0, 0.1) is 12.7 Å². The topological polar surface area (TPSA) is 27.7 Å². The molecule has 1 aromatic rings. The van der Waals surface area contributed by atoms with Crippen LogP contribution in [0.1, 0.15) is 31.4 Å². The molecule has 3 nitrogen and oxygen atoms in total. The largest absolute Gasteiger partial charge is 0.563 e. The molecule has 0 N–H and O–H groups in total. The molecule has 0 aliphatic carbocycles. The normalized spacial score (nSPS) is 20.4. The first-order valence-corrected chi connectivity index (χ1v) is 6.88. The van der Waals surface area contributed by atoms with Crippen molar-refractivity contribution < 1.29 is 18.4 Å². The van der Waals surface area contributed by atoms with Gasteiger partial charge in [-0.15, -0.1) is 0 Å². The highest BCUT2D eigenvalue weighted by Crippen LogP contribution is 2.33. The van der Waals surface area contributed by atoms with E-state index in [9.17, 15) is 4.39 Å². The molecule has 0 saturated carbocycles. The predicted octanol–water partition coefficient (Wildman–Crippen LogP) is 2.49. The minimum Gasteiger partial charge on any atom is -0.534 e. The van der Waals surface area contributed by atoms with Gasteiger partial charge in [-0.3, -0.25) is 0 Å². The number of ether oxygens (including phenoxy) is 1. The van der Waals surface area contributed by atoms with Gasteiger partial charge in [0.05, 0.1) is 12.4 Å². The van der Waals surface area contributed by atoms with Crippen LogP contribution < -0.4 is 10.2 Å². The second-order valence-corrected chi connectivity index (χ2v) is 5.83. The lowest BCUT2D eigenvalue weighted by atomic mass is 9.74. The highest BCUT2D eigenvalue weighted by molar-refractivity contribution is 6.63. The van der Waals surface area contributed by atoms with Crippen molar-refractivity contribution in [3.8, 4) is 5.75 Å². The van der Waals surface area contributed by atoms with Gasteiger partial charge in [0.2, 0.25) is 0 Å². The average Bonchev–Trinajstić information content (AvgIpc) is 2.68. The van der Waals surface area contributed by atoms with Gasteiger partial charge in [-0.1, -0.05) is 6.58 Å². The van der Waals surface area contributed by atoms with E-state index < -0.39 is 12.7 Å². The van der Waals surface area contributed by atoms with Crippen LogP contribution in [0.5, 0.6) is 5.75 Å². The van der Waals surface area contributed by atoms with Gasteiger partial charge >= 0.3 is 7.12 Å². The number of rotatable bonds is 1. The molecule has 0 spiro atoms. The van der Waals surface area contributed by atoms with E-state index >= 15 is 0 Å². The van der Waals surface area contributed by atoms with Gasteiger partial charge < -0.3 is 14.0 Å². The van der Waals surface area contributed by atoms with Gasteiger partial charge in [0.15, 0.2) is 11.6 Å². The molecule has 0 amide bonds. The fraction of sp³-hybridized carbons (Fsp3) is 0.467. The van der Waals surface area contributed by atoms with Crippen LogP contribution in [0.3, 0.4) is 0 Å². The van der Waals surface area contributed by atoms with Gasteiger partial charge in [0.25, 0.3) is 0 Å². The summed E-state index contributed by atoms with van der Waals surface area (Å²) in [6, 6.07) is 1.46. The van der Waals surface area contributed by atoms with Gasteiger partial charge in [-0.25, -0.2) is 4.39 Å². The van der Waals surface area contributed by atoms with Crippen LogP contribution >= 0.6 is 0 Å². The predicted molar refractivity (Wildman–Crippen MR) is 75.7 cm³/mol. The van der Waals surface area contributed by atoms with Crippen LogP contribution in [0.25, 0.3) is 0 Å². The third-order valence-electron chi connectivity index (χ3n) is 4.05. The Morgan fingerprint density at radius 3 is 2.80 bits per heavy atom. The third-order valence-corrected chi connectivity index (χ3v) is 4.05. The standard InChI is InChI=1S/C15H18BFO3/c1-9-11-6-5-7-18-14(11)13(17)8-12(9)16-19-10(2)15(3,4)20-16/h8H,2,5-7H2,1,3-4H3. The van der Waals surface area contributed by atoms with Crippen molar-refractivity contribution in [1.82, 2.24) is 0 Å². The van der Waals surface area contributed by atoms with Crippen molar-refractivity contribution in [2.24, 2.45) is 0 Å². The lowest BCUT2D eigenvalue weighted by molar-refractivity contribution is 0.173. The van der Waals surface area contributed by atoms with Gasteiger partial charge in [0, 0.05) is 5.46 Å². The van der Waals surface area contributed by atoms with Crippen molar-refractivity contribution in [3.63, 3.8) is 0 Å². The maximum absolute atomic E-state index is 14.2. The van der Waals surface area contributed by atoms with E-state index in [1.807, 2.05) is 20.8 Å². The zero-order chi connectivity index (χ0) is 14.5. The minimum atomic E-state index is -0.598. The molecule has 1 fully saturated rings. The van der Waals surface area contributed by atoms with E-state index in [1.165, 1.54) is 6.07 Å². The molecule has 2 aliphatic heterocycles. The minimum absolute atomic E-state index is 0.345. The van der Waals surface area contributed by atoms with E-state index in [0.29, 0.717) is 18.1 Å². The first kappa shape index (κ1) is 13.5. The quantitative estimate of drug-likeness (QED) is 0.737.